The van der Waals surface area contributed by atoms with Crippen molar-refractivity contribution in [1.82, 2.24) is 15.1 Å². The second kappa shape index (κ2) is 7.77. The van der Waals surface area contributed by atoms with Gasteiger partial charge in [0.1, 0.15) is 5.82 Å². The van der Waals surface area contributed by atoms with Crippen LogP contribution >= 0.6 is 11.6 Å². The molecule has 2 aromatic rings. The molecule has 0 spiro atoms. The fourth-order valence-corrected chi connectivity index (χ4v) is 3.08. The van der Waals surface area contributed by atoms with E-state index in [0.717, 1.165) is 4.68 Å². The van der Waals surface area contributed by atoms with Crippen molar-refractivity contribution in [2.24, 2.45) is 0 Å². The maximum atomic E-state index is 13.6. The van der Waals surface area contributed by atoms with E-state index in [4.69, 9.17) is 16.3 Å². The average Bonchev–Trinajstić information content (AvgIpc) is 3.05. The van der Waals surface area contributed by atoms with E-state index in [1.54, 1.807) is 24.3 Å². The van der Waals surface area contributed by atoms with Gasteiger partial charge in [0.05, 0.1) is 12.6 Å². The summed E-state index contributed by atoms with van der Waals surface area (Å²) < 4.78 is 46.5. The second-order valence-electron chi connectivity index (χ2n) is 6.15. The third-order valence-electron chi connectivity index (χ3n) is 4.29. The number of hydrogen-bond donors (Lipinski definition) is 2. The van der Waals surface area contributed by atoms with Gasteiger partial charge >= 0.3 is 6.18 Å². The molecule has 2 atom stereocenters. The number of fused-ring (bicyclic) bond motifs is 1. The van der Waals surface area contributed by atoms with E-state index >= 15 is 0 Å². The topological polar surface area (TPSA) is 68.2 Å². The van der Waals surface area contributed by atoms with Gasteiger partial charge in [-0.25, -0.2) is 4.68 Å². The van der Waals surface area contributed by atoms with E-state index < -0.39 is 24.2 Å². The molecule has 0 bridgehead atoms. The van der Waals surface area contributed by atoms with Gasteiger partial charge in [0.15, 0.2) is 11.7 Å². The molecule has 1 amide bonds. The van der Waals surface area contributed by atoms with E-state index in [-0.39, 0.29) is 24.5 Å². The van der Waals surface area contributed by atoms with Crippen molar-refractivity contribution >= 4 is 23.3 Å². The highest BCUT2D eigenvalue weighted by Gasteiger charge is 2.46. The number of amides is 1. The van der Waals surface area contributed by atoms with Gasteiger partial charge in [-0.1, -0.05) is 23.7 Å². The Balaban J connectivity index is 1.88. The molecule has 2 N–H and O–H groups in total. The molecule has 6 nitrogen and oxygen atoms in total. The molecule has 146 valence electrons. The number of carbonyl (C=O) groups is 1. The number of alkyl halides is 3. The minimum Gasteiger partial charge on any atom is -0.383 e. The Kier molecular flexibility index (Phi) is 5.61. The van der Waals surface area contributed by atoms with Gasteiger partial charge in [0.2, 0.25) is 0 Å². The van der Waals surface area contributed by atoms with Crippen LogP contribution in [0, 0.1) is 0 Å². The second-order valence-corrected chi connectivity index (χ2v) is 6.59. The first-order chi connectivity index (χ1) is 12.8. The Morgan fingerprint density at radius 3 is 2.74 bits per heavy atom. The first-order valence-electron chi connectivity index (χ1n) is 8.25. The van der Waals surface area contributed by atoms with Crippen LogP contribution in [0.1, 0.15) is 34.6 Å². The van der Waals surface area contributed by atoms with Crippen LogP contribution in [0.2, 0.25) is 5.02 Å². The van der Waals surface area contributed by atoms with Crippen LogP contribution in [0.4, 0.5) is 19.0 Å². The third kappa shape index (κ3) is 4.36. The van der Waals surface area contributed by atoms with Gasteiger partial charge in [0, 0.05) is 31.2 Å². The molecule has 1 aromatic heterocycles. The SMILES string of the molecule is COCCNC(=O)c1cc2n(n1)[C@H](C(F)(F)F)C[C@H](c1ccc(Cl)cc1)N2. The minimum absolute atomic E-state index is 0.0837. The number of benzene rings is 1. The van der Waals surface area contributed by atoms with Gasteiger partial charge in [-0.15, -0.1) is 0 Å². The molecular weight excluding hydrogens is 385 g/mol. The number of aromatic nitrogens is 2. The highest BCUT2D eigenvalue weighted by atomic mass is 35.5. The number of hydrogen-bond acceptors (Lipinski definition) is 4. The van der Waals surface area contributed by atoms with Crippen molar-refractivity contribution in [3.8, 4) is 0 Å². The first kappa shape index (κ1) is 19.5. The summed E-state index contributed by atoms with van der Waals surface area (Å²) in [7, 11) is 1.48. The normalized spacial score (nSPS) is 19.3. The predicted molar refractivity (Wildman–Crippen MR) is 94.0 cm³/mol. The molecular formula is C17H18ClF3N4O2. The number of nitrogens with zero attached hydrogens (tertiary/aromatic N) is 2. The van der Waals surface area contributed by atoms with Gasteiger partial charge in [-0.05, 0) is 17.7 Å². The van der Waals surface area contributed by atoms with Crippen LogP contribution in [0.25, 0.3) is 0 Å². The molecule has 1 aromatic carbocycles. The zero-order chi connectivity index (χ0) is 19.6. The van der Waals surface area contributed by atoms with E-state index in [0.29, 0.717) is 17.2 Å². The molecule has 10 heteroatoms. The lowest BCUT2D eigenvalue weighted by atomic mass is 9.97. The molecule has 0 unspecified atom stereocenters. The molecule has 3 rings (SSSR count). The van der Waals surface area contributed by atoms with Crippen LogP contribution in [0.5, 0.6) is 0 Å². The number of ether oxygens (including phenoxy) is 1. The monoisotopic (exact) mass is 402 g/mol. The van der Waals surface area contributed by atoms with E-state index in [1.807, 2.05) is 0 Å². The highest BCUT2D eigenvalue weighted by Crippen LogP contribution is 2.43. The molecule has 27 heavy (non-hydrogen) atoms. The van der Waals surface area contributed by atoms with Crippen molar-refractivity contribution in [1.29, 1.82) is 0 Å². The fourth-order valence-electron chi connectivity index (χ4n) is 2.96. The number of rotatable bonds is 5. The first-order valence-corrected chi connectivity index (χ1v) is 8.63. The highest BCUT2D eigenvalue weighted by molar-refractivity contribution is 6.30. The van der Waals surface area contributed by atoms with Gasteiger partial charge in [0.25, 0.3) is 5.91 Å². The maximum Gasteiger partial charge on any atom is 0.410 e. The summed E-state index contributed by atoms with van der Waals surface area (Å²) in [5.74, 6) is -0.417. The Hall–Kier alpha value is -2.26. The molecule has 0 saturated carbocycles. The van der Waals surface area contributed by atoms with E-state index in [9.17, 15) is 18.0 Å². The van der Waals surface area contributed by atoms with Gasteiger partial charge in [-0.3, -0.25) is 4.79 Å². The summed E-state index contributed by atoms with van der Waals surface area (Å²) in [4.78, 5) is 12.1. The lowest BCUT2D eigenvalue weighted by Crippen LogP contribution is -2.35. The van der Waals surface area contributed by atoms with Crippen LogP contribution < -0.4 is 10.6 Å². The number of nitrogens with one attached hydrogen (secondary N) is 2. The Morgan fingerprint density at radius 1 is 1.41 bits per heavy atom. The quantitative estimate of drug-likeness (QED) is 0.750. The standard InChI is InChI=1S/C17H18ClF3N4O2/c1-27-7-6-22-16(26)13-9-15-23-12(10-2-4-11(18)5-3-10)8-14(17(19,20)21)25(15)24-13/h2-5,9,12,14,23H,6-8H2,1H3,(H,22,26)/t12-,14+/m1/s1. The summed E-state index contributed by atoms with van der Waals surface area (Å²) >= 11 is 5.86. The van der Waals surface area contributed by atoms with Crippen LogP contribution in [0.15, 0.2) is 30.3 Å². The number of carbonyl (C=O) groups excluding carboxylic acids is 1. The summed E-state index contributed by atoms with van der Waals surface area (Å²) in [6.07, 6.45) is -4.75. The molecule has 0 radical (unpaired) electrons. The predicted octanol–water partition coefficient (Wildman–Crippen LogP) is 3.57. The zero-order valence-electron chi connectivity index (χ0n) is 14.4. The molecule has 1 aliphatic rings. The van der Waals surface area contributed by atoms with Crippen molar-refractivity contribution in [2.75, 3.05) is 25.6 Å². The van der Waals surface area contributed by atoms with Crippen molar-refractivity contribution in [3.63, 3.8) is 0 Å². The van der Waals surface area contributed by atoms with Crippen LogP contribution in [-0.4, -0.2) is 42.1 Å². The smallest absolute Gasteiger partial charge is 0.383 e. The van der Waals surface area contributed by atoms with Crippen LogP contribution in [0.3, 0.4) is 0 Å². The van der Waals surface area contributed by atoms with Crippen molar-refractivity contribution in [2.45, 2.75) is 24.7 Å². The van der Waals surface area contributed by atoms with E-state index in [2.05, 4.69) is 15.7 Å². The summed E-state index contributed by atoms with van der Waals surface area (Å²) in [6, 6.07) is 5.51. The zero-order valence-corrected chi connectivity index (χ0v) is 15.1. The Labute approximate surface area is 158 Å². The van der Waals surface area contributed by atoms with E-state index in [1.165, 1.54) is 13.2 Å². The molecule has 0 aliphatic carbocycles. The Bertz CT molecular complexity index is 808. The lowest BCUT2D eigenvalue weighted by molar-refractivity contribution is -0.173. The third-order valence-corrected chi connectivity index (χ3v) is 4.54. The molecule has 1 aliphatic heterocycles. The fraction of sp³-hybridized carbons (Fsp3) is 0.412. The summed E-state index contributed by atoms with van der Waals surface area (Å²) in [6.45, 7) is 0.530. The van der Waals surface area contributed by atoms with Gasteiger partial charge in [-0.2, -0.15) is 18.3 Å². The summed E-state index contributed by atoms with van der Waals surface area (Å²) in [5.41, 5.74) is 0.590. The number of methoxy groups -OCH3 is 1. The minimum atomic E-state index is -4.50. The van der Waals surface area contributed by atoms with Crippen molar-refractivity contribution in [3.05, 3.63) is 46.6 Å². The Morgan fingerprint density at radius 2 is 2.11 bits per heavy atom. The maximum absolute atomic E-state index is 13.6. The van der Waals surface area contributed by atoms with Crippen molar-refractivity contribution < 1.29 is 22.7 Å². The van der Waals surface area contributed by atoms with Gasteiger partial charge < -0.3 is 15.4 Å². The number of halogens is 4. The largest absolute Gasteiger partial charge is 0.410 e. The van der Waals surface area contributed by atoms with Crippen LogP contribution in [-0.2, 0) is 4.74 Å². The summed E-state index contributed by atoms with van der Waals surface area (Å²) in [5, 5.41) is 9.96. The number of anilines is 1. The molecule has 2 heterocycles. The average molecular weight is 403 g/mol. The molecule has 0 fully saturated rings. The molecule has 0 saturated heterocycles. The lowest BCUT2D eigenvalue weighted by Gasteiger charge is -2.33.